The van der Waals surface area contributed by atoms with E-state index in [-0.39, 0.29) is 16.0 Å². The van der Waals surface area contributed by atoms with E-state index in [1.165, 1.54) is 12.1 Å². The first-order chi connectivity index (χ1) is 7.45. The smallest absolute Gasteiger partial charge is 0.262 e. The molecule has 0 N–H and O–H groups in total. The topological polar surface area (TPSA) is 75.0 Å². The third-order valence-corrected chi connectivity index (χ3v) is 3.54. The van der Waals surface area contributed by atoms with E-state index in [9.17, 15) is 13.2 Å². The Hall–Kier alpha value is -1.38. The molecular weight excluding hydrogens is 250 g/mol. The van der Waals surface area contributed by atoms with E-state index in [2.05, 4.69) is 0 Å². The summed E-state index contributed by atoms with van der Waals surface area (Å²) in [5.74, 6) is 0. The van der Waals surface area contributed by atoms with Gasteiger partial charge in [0.15, 0.2) is 6.29 Å². The largest absolute Gasteiger partial charge is 0.298 e. The van der Waals surface area contributed by atoms with Gasteiger partial charge in [0.1, 0.15) is 11.0 Å². The summed E-state index contributed by atoms with van der Waals surface area (Å²) in [5.41, 5.74) is 0.520. The van der Waals surface area contributed by atoms with Crippen molar-refractivity contribution >= 4 is 26.0 Å². The van der Waals surface area contributed by atoms with Gasteiger partial charge in [0.25, 0.3) is 9.05 Å². The first kappa shape index (κ1) is 12.7. The minimum absolute atomic E-state index is 0.0896. The van der Waals surface area contributed by atoms with Crippen molar-refractivity contribution < 1.29 is 13.2 Å². The van der Waals surface area contributed by atoms with Gasteiger partial charge in [-0.3, -0.25) is 4.79 Å². The molecule has 0 fully saturated rings. The summed E-state index contributed by atoms with van der Waals surface area (Å²) < 4.78 is 22.4. The highest BCUT2D eigenvalue weighted by atomic mass is 35.7. The normalized spacial score (nSPS) is 10.8. The second-order valence-electron chi connectivity index (χ2n) is 3.03. The summed E-state index contributed by atoms with van der Waals surface area (Å²) in [7, 11) is 1.16. The summed E-state index contributed by atoms with van der Waals surface area (Å²) in [4.78, 5) is 10.5. The maximum Gasteiger partial charge on any atom is 0.262 e. The number of aryl methyl sites for hydroxylation is 1. The highest BCUT2D eigenvalue weighted by Crippen LogP contribution is 2.24. The maximum absolute atomic E-state index is 11.2. The van der Waals surface area contributed by atoms with Gasteiger partial charge < -0.3 is 0 Å². The van der Waals surface area contributed by atoms with Crippen LogP contribution in [0.1, 0.15) is 28.4 Å². The van der Waals surface area contributed by atoms with Crippen LogP contribution in [0.3, 0.4) is 0 Å². The van der Waals surface area contributed by atoms with Crippen LogP contribution in [0.4, 0.5) is 0 Å². The van der Waals surface area contributed by atoms with Crippen molar-refractivity contribution in [2.45, 2.75) is 18.2 Å². The molecule has 0 bridgehead atoms. The lowest BCUT2D eigenvalue weighted by Gasteiger charge is -2.06. The highest BCUT2D eigenvalue weighted by Gasteiger charge is 2.20. The number of halogens is 1. The number of hydrogen-bond donors (Lipinski definition) is 0. The molecular formula is C10H8ClNO3S. The Labute approximate surface area is 97.9 Å². The molecule has 0 saturated heterocycles. The first-order valence-corrected chi connectivity index (χ1v) is 6.72. The third-order valence-electron chi connectivity index (χ3n) is 2.17. The molecule has 0 unspecified atom stereocenters. The number of nitrogens with zero attached hydrogens (tertiary/aromatic N) is 1. The Morgan fingerprint density at radius 1 is 1.50 bits per heavy atom. The van der Waals surface area contributed by atoms with Crippen LogP contribution in [0.5, 0.6) is 0 Å². The van der Waals surface area contributed by atoms with Crippen molar-refractivity contribution in [1.29, 1.82) is 5.26 Å². The second kappa shape index (κ2) is 4.64. The molecule has 0 heterocycles. The van der Waals surface area contributed by atoms with Crippen LogP contribution < -0.4 is 0 Å². The molecule has 1 rings (SSSR count). The minimum Gasteiger partial charge on any atom is -0.298 e. The number of hydrogen-bond acceptors (Lipinski definition) is 4. The lowest BCUT2D eigenvalue weighted by molar-refractivity contribution is 0.112. The van der Waals surface area contributed by atoms with Crippen LogP contribution in [0.25, 0.3) is 0 Å². The molecule has 16 heavy (non-hydrogen) atoms. The van der Waals surface area contributed by atoms with Gasteiger partial charge in [-0.25, -0.2) is 8.42 Å². The van der Waals surface area contributed by atoms with Gasteiger partial charge in [0, 0.05) is 16.2 Å². The fraction of sp³-hybridized carbons (Fsp3) is 0.200. The molecule has 1 aromatic rings. The number of carbonyl (C=O) groups excluding carboxylic acids is 1. The Balaban J connectivity index is 3.72. The van der Waals surface area contributed by atoms with E-state index in [1.807, 2.05) is 0 Å². The van der Waals surface area contributed by atoms with Gasteiger partial charge >= 0.3 is 0 Å². The van der Waals surface area contributed by atoms with Gasteiger partial charge in [-0.05, 0) is 18.1 Å². The van der Waals surface area contributed by atoms with Crippen molar-refractivity contribution in [2.75, 3.05) is 0 Å². The second-order valence-corrected chi connectivity index (χ2v) is 5.57. The standard InChI is InChI=1S/C10H8ClNO3S/c1-2-7-3-4-10(16(11,14)15)8(5-12)9(7)6-13/h3-4,6H,2H2,1H3. The van der Waals surface area contributed by atoms with Crippen LogP contribution in [0.2, 0.25) is 0 Å². The van der Waals surface area contributed by atoms with Crippen molar-refractivity contribution in [2.24, 2.45) is 0 Å². The molecule has 1 aromatic carbocycles. The molecule has 0 aliphatic heterocycles. The molecule has 0 aromatic heterocycles. The van der Waals surface area contributed by atoms with Gasteiger partial charge in [-0.2, -0.15) is 5.26 Å². The average molecular weight is 258 g/mol. The predicted molar refractivity (Wildman–Crippen MR) is 59.0 cm³/mol. The van der Waals surface area contributed by atoms with Crippen molar-refractivity contribution in [3.63, 3.8) is 0 Å². The van der Waals surface area contributed by atoms with E-state index < -0.39 is 9.05 Å². The average Bonchev–Trinajstić information content (AvgIpc) is 2.25. The molecule has 0 radical (unpaired) electrons. The van der Waals surface area contributed by atoms with Crippen LogP contribution in [0.15, 0.2) is 17.0 Å². The molecule has 4 nitrogen and oxygen atoms in total. The summed E-state index contributed by atoms with van der Waals surface area (Å²) >= 11 is 0. The molecule has 0 aliphatic carbocycles. The van der Waals surface area contributed by atoms with Gasteiger partial charge in [-0.15, -0.1) is 0 Å². The molecule has 0 spiro atoms. The quantitative estimate of drug-likeness (QED) is 0.612. The zero-order valence-electron chi connectivity index (χ0n) is 8.40. The van der Waals surface area contributed by atoms with Crippen molar-refractivity contribution in [1.82, 2.24) is 0 Å². The van der Waals surface area contributed by atoms with Crippen LogP contribution in [-0.4, -0.2) is 14.7 Å². The van der Waals surface area contributed by atoms with E-state index in [4.69, 9.17) is 15.9 Å². The van der Waals surface area contributed by atoms with Gasteiger partial charge in [0.2, 0.25) is 0 Å². The number of rotatable bonds is 3. The number of aldehydes is 1. The van der Waals surface area contributed by atoms with E-state index >= 15 is 0 Å². The van der Waals surface area contributed by atoms with Crippen molar-refractivity contribution in [3.8, 4) is 6.07 Å². The summed E-state index contributed by atoms with van der Waals surface area (Å²) in [5, 5.41) is 8.88. The number of benzene rings is 1. The zero-order valence-corrected chi connectivity index (χ0v) is 9.97. The first-order valence-electron chi connectivity index (χ1n) is 4.41. The lowest BCUT2D eigenvalue weighted by atomic mass is 10.0. The molecule has 0 saturated carbocycles. The third kappa shape index (κ3) is 2.23. The highest BCUT2D eigenvalue weighted by molar-refractivity contribution is 8.13. The van der Waals surface area contributed by atoms with Crippen molar-refractivity contribution in [3.05, 3.63) is 28.8 Å². The summed E-state index contributed by atoms with van der Waals surface area (Å²) in [6.07, 6.45) is 1.01. The monoisotopic (exact) mass is 257 g/mol. The molecule has 0 amide bonds. The number of nitriles is 1. The Kier molecular flexibility index (Phi) is 3.68. The SMILES string of the molecule is CCc1ccc(S(=O)(=O)Cl)c(C#N)c1C=O. The fourth-order valence-electron chi connectivity index (χ4n) is 1.40. The summed E-state index contributed by atoms with van der Waals surface area (Å²) in [6.45, 7) is 1.80. The van der Waals surface area contributed by atoms with Crippen LogP contribution >= 0.6 is 10.7 Å². The Morgan fingerprint density at radius 2 is 2.12 bits per heavy atom. The maximum atomic E-state index is 11.2. The number of carbonyl (C=O) groups is 1. The van der Waals surface area contributed by atoms with E-state index in [0.717, 1.165) is 0 Å². The summed E-state index contributed by atoms with van der Waals surface area (Å²) in [6, 6.07) is 4.43. The lowest BCUT2D eigenvalue weighted by Crippen LogP contribution is -2.03. The van der Waals surface area contributed by atoms with Gasteiger partial charge in [-0.1, -0.05) is 13.0 Å². The van der Waals surface area contributed by atoms with Crippen LogP contribution in [-0.2, 0) is 15.5 Å². The zero-order chi connectivity index (χ0) is 12.3. The predicted octanol–water partition coefficient (Wildman–Crippen LogP) is 1.86. The van der Waals surface area contributed by atoms with E-state index in [1.54, 1.807) is 13.0 Å². The molecule has 0 atom stereocenters. The fourth-order valence-corrected chi connectivity index (χ4v) is 2.42. The molecule has 84 valence electrons. The Morgan fingerprint density at radius 3 is 2.50 bits per heavy atom. The minimum atomic E-state index is -4.01. The van der Waals surface area contributed by atoms with Gasteiger partial charge in [0.05, 0.1) is 5.56 Å². The Bertz CT molecular complexity index is 572. The molecule has 0 aliphatic rings. The van der Waals surface area contributed by atoms with E-state index in [0.29, 0.717) is 18.3 Å². The molecule has 6 heteroatoms. The van der Waals surface area contributed by atoms with Crippen LogP contribution in [0, 0.1) is 11.3 Å².